The number of ether oxygens (including phenoxy) is 1. The number of nitrogens with zero attached hydrogens (tertiary/aromatic N) is 1. The standard InChI is InChI=1S/C20H19NO4/c1-24-16-5-3-15(4-6-16)21-11-17(18(12-21)20(22)23)13-2-7-19-14(10-13)8-9-25-19/h2-10,17-18H,11-12H2,1H3,(H,22,23). The van der Waals surface area contributed by atoms with Gasteiger partial charge in [0, 0.05) is 30.1 Å². The molecule has 1 aliphatic rings. The van der Waals surface area contributed by atoms with Gasteiger partial charge < -0.3 is 19.2 Å². The molecule has 2 atom stereocenters. The van der Waals surface area contributed by atoms with E-state index >= 15 is 0 Å². The molecule has 5 heteroatoms. The van der Waals surface area contributed by atoms with Crippen LogP contribution in [0.3, 0.4) is 0 Å². The number of methoxy groups -OCH3 is 1. The predicted octanol–water partition coefficient (Wildman–Crippen LogP) is 3.75. The van der Waals surface area contributed by atoms with Gasteiger partial charge >= 0.3 is 5.97 Å². The van der Waals surface area contributed by atoms with Crippen molar-refractivity contribution in [2.45, 2.75) is 5.92 Å². The monoisotopic (exact) mass is 337 g/mol. The molecule has 2 aromatic carbocycles. The average molecular weight is 337 g/mol. The smallest absolute Gasteiger partial charge is 0.308 e. The first-order chi connectivity index (χ1) is 12.2. The van der Waals surface area contributed by atoms with Crippen LogP contribution in [0.25, 0.3) is 11.0 Å². The van der Waals surface area contributed by atoms with Gasteiger partial charge in [-0.05, 0) is 48.0 Å². The summed E-state index contributed by atoms with van der Waals surface area (Å²) in [5, 5.41) is 10.7. The van der Waals surface area contributed by atoms with Gasteiger partial charge in [0.2, 0.25) is 0 Å². The number of rotatable bonds is 4. The zero-order valence-corrected chi connectivity index (χ0v) is 13.9. The summed E-state index contributed by atoms with van der Waals surface area (Å²) in [6.07, 6.45) is 1.65. The van der Waals surface area contributed by atoms with Crippen molar-refractivity contribution in [1.82, 2.24) is 0 Å². The highest BCUT2D eigenvalue weighted by molar-refractivity contribution is 5.79. The number of anilines is 1. The van der Waals surface area contributed by atoms with E-state index in [1.165, 1.54) is 0 Å². The molecule has 0 bridgehead atoms. The maximum atomic E-state index is 11.8. The third kappa shape index (κ3) is 2.82. The normalized spacial score (nSPS) is 20.1. The Hall–Kier alpha value is -2.95. The number of carbonyl (C=O) groups is 1. The SMILES string of the molecule is COc1ccc(N2CC(C(=O)O)C(c3ccc4occc4c3)C2)cc1. The first-order valence-electron chi connectivity index (χ1n) is 8.24. The minimum absolute atomic E-state index is 0.0566. The molecule has 1 fully saturated rings. The number of carboxylic acid groups (broad SMARTS) is 1. The zero-order chi connectivity index (χ0) is 17.4. The molecule has 0 amide bonds. The lowest BCUT2D eigenvalue weighted by molar-refractivity contribution is -0.141. The van der Waals surface area contributed by atoms with Crippen LogP contribution in [0.4, 0.5) is 5.69 Å². The summed E-state index contributed by atoms with van der Waals surface area (Å²) >= 11 is 0. The summed E-state index contributed by atoms with van der Waals surface area (Å²) in [4.78, 5) is 13.9. The van der Waals surface area contributed by atoms with E-state index in [0.717, 1.165) is 28.0 Å². The molecule has 4 rings (SSSR count). The number of furan rings is 1. The molecule has 5 nitrogen and oxygen atoms in total. The van der Waals surface area contributed by atoms with Crippen LogP contribution in [0.1, 0.15) is 11.5 Å². The first-order valence-corrected chi connectivity index (χ1v) is 8.24. The van der Waals surface area contributed by atoms with E-state index < -0.39 is 11.9 Å². The molecule has 0 radical (unpaired) electrons. The minimum atomic E-state index is -0.756. The van der Waals surface area contributed by atoms with Crippen molar-refractivity contribution < 1.29 is 19.1 Å². The summed E-state index contributed by atoms with van der Waals surface area (Å²) in [5.41, 5.74) is 2.87. The summed E-state index contributed by atoms with van der Waals surface area (Å²) in [7, 11) is 1.63. The fourth-order valence-corrected chi connectivity index (χ4v) is 3.61. The van der Waals surface area contributed by atoms with Crippen molar-refractivity contribution in [2.75, 3.05) is 25.1 Å². The summed E-state index contributed by atoms with van der Waals surface area (Å²) in [6.45, 7) is 1.17. The van der Waals surface area contributed by atoms with E-state index in [2.05, 4.69) is 4.90 Å². The van der Waals surface area contributed by atoms with Gasteiger partial charge in [-0.3, -0.25) is 4.79 Å². The Morgan fingerprint density at radius 2 is 1.96 bits per heavy atom. The van der Waals surface area contributed by atoms with Crippen molar-refractivity contribution in [3.05, 3.63) is 60.4 Å². The zero-order valence-electron chi connectivity index (χ0n) is 13.9. The van der Waals surface area contributed by atoms with Crippen LogP contribution in [0, 0.1) is 5.92 Å². The number of hydrogen-bond acceptors (Lipinski definition) is 4. The van der Waals surface area contributed by atoms with E-state index in [1.807, 2.05) is 48.5 Å². The largest absolute Gasteiger partial charge is 0.497 e. The third-order valence-electron chi connectivity index (χ3n) is 4.98. The van der Waals surface area contributed by atoms with E-state index in [9.17, 15) is 9.90 Å². The number of hydrogen-bond donors (Lipinski definition) is 1. The Balaban J connectivity index is 1.64. The van der Waals surface area contributed by atoms with Gasteiger partial charge in [-0.2, -0.15) is 0 Å². The third-order valence-corrected chi connectivity index (χ3v) is 4.98. The van der Waals surface area contributed by atoms with Gasteiger partial charge in [0.05, 0.1) is 19.3 Å². The second-order valence-electron chi connectivity index (χ2n) is 6.37. The molecule has 0 spiro atoms. The maximum Gasteiger partial charge on any atom is 0.308 e. The Morgan fingerprint density at radius 1 is 1.16 bits per heavy atom. The average Bonchev–Trinajstić information content (AvgIpc) is 3.28. The fourth-order valence-electron chi connectivity index (χ4n) is 3.61. The Labute approximate surface area is 145 Å². The highest BCUT2D eigenvalue weighted by Gasteiger charge is 2.38. The highest BCUT2D eigenvalue weighted by atomic mass is 16.5. The maximum absolute atomic E-state index is 11.8. The second kappa shape index (κ2) is 6.16. The molecule has 25 heavy (non-hydrogen) atoms. The lowest BCUT2D eigenvalue weighted by Crippen LogP contribution is -2.23. The molecule has 1 N–H and O–H groups in total. The van der Waals surface area contributed by atoms with Crippen LogP contribution in [0.15, 0.2) is 59.2 Å². The number of aliphatic carboxylic acids is 1. The second-order valence-corrected chi connectivity index (χ2v) is 6.37. The van der Waals surface area contributed by atoms with E-state index in [-0.39, 0.29) is 5.92 Å². The van der Waals surface area contributed by atoms with Gasteiger partial charge in [-0.1, -0.05) is 6.07 Å². The van der Waals surface area contributed by atoms with E-state index in [0.29, 0.717) is 13.1 Å². The molecular formula is C20H19NO4. The topological polar surface area (TPSA) is 62.9 Å². The lowest BCUT2D eigenvalue weighted by atomic mass is 9.88. The van der Waals surface area contributed by atoms with E-state index in [1.54, 1.807) is 13.4 Å². The van der Waals surface area contributed by atoms with Crippen LogP contribution >= 0.6 is 0 Å². The van der Waals surface area contributed by atoms with Crippen LogP contribution < -0.4 is 9.64 Å². The summed E-state index contributed by atoms with van der Waals surface area (Å²) < 4.78 is 10.6. The number of benzene rings is 2. The molecule has 0 saturated carbocycles. The van der Waals surface area contributed by atoms with Crippen molar-refractivity contribution >= 4 is 22.6 Å². The molecule has 1 saturated heterocycles. The lowest BCUT2D eigenvalue weighted by Gasteiger charge is -2.19. The molecule has 2 heterocycles. The van der Waals surface area contributed by atoms with Crippen LogP contribution in [0.2, 0.25) is 0 Å². The fraction of sp³-hybridized carbons (Fsp3) is 0.250. The van der Waals surface area contributed by atoms with Crippen molar-refractivity contribution in [3.8, 4) is 5.75 Å². The van der Waals surface area contributed by atoms with Crippen LogP contribution in [0.5, 0.6) is 5.75 Å². The van der Waals surface area contributed by atoms with Crippen LogP contribution in [-0.4, -0.2) is 31.3 Å². The van der Waals surface area contributed by atoms with Crippen LogP contribution in [-0.2, 0) is 4.79 Å². The van der Waals surface area contributed by atoms with Gasteiger partial charge in [-0.15, -0.1) is 0 Å². The summed E-state index contributed by atoms with van der Waals surface area (Å²) in [5.74, 6) is -0.460. The Kier molecular flexibility index (Phi) is 3.84. The van der Waals surface area contributed by atoms with Gasteiger partial charge in [0.1, 0.15) is 11.3 Å². The highest BCUT2D eigenvalue weighted by Crippen LogP contribution is 2.37. The molecule has 0 aliphatic carbocycles. The molecule has 1 aliphatic heterocycles. The first kappa shape index (κ1) is 15.6. The predicted molar refractivity (Wildman–Crippen MR) is 95.3 cm³/mol. The van der Waals surface area contributed by atoms with Gasteiger partial charge in [0.15, 0.2) is 0 Å². The molecule has 3 aromatic rings. The van der Waals surface area contributed by atoms with Gasteiger partial charge in [-0.25, -0.2) is 0 Å². The quantitative estimate of drug-likeness (QED) is 0.786. The van der Waals surface area contributed by atoms with E-state index in [4.69, 9.17) is 9.15 Å². The van der Waals surface area contributed by atoms with Crippen molar-refractivity contribution in [3.63, 3.8) is 0 Å². The number of carboxylic acids is 1. The number of fused-ring (bicyclic) bond motifs is 1. The molecule has 128 valence electrons. The molecular weight excluding hydrogens is 318 g/mol. The van der Waals surface area contributed by atoms with Crippen molar-refractivity contribution in [2.24, 2.45) is 5.92 Å². The minimum Gasteiger partial charge on any atom is -0.497 e. The summed E-state index contributed by atoms with van der Waals surface area (Å²) in [6, 6.07) is 15.6. The molecule has 1 aromatic heterocycles. The molecule has 2 unspecified atom stereocenters. The van der Waals surface area contributed by atoms with Gasteiger partial charge in [0.25, 0.3) is 0 Å². The Bertz CT molecular complexity index is 899. The Morgan fingerprint density at radius 3 is 2.68 bits per heavy atom. The van der Waals surface area contributed by atoms with Crippen molar-refractivity contribution in [1.29, 1.82) is 0 Å².